The minimum Gasteiger partial charge on any atom is -0.457 e. The van der Waals surface area contributed by atoms with Crippen molar-refractivity contribution in [3.05, 3.63) is 66.2 Å². The molecule has 0 bridgehead atoms. The van der Waals surface area contributed by atoms with Gasteiger partial charge in [-0.3, -0.25) is 0 Å². The number of benzene rings is 2. The number of hydrogen-bond acceptors (Lipinski definition) is 6. The minimum absolute atomic E-state index is 0.238. The van der Waals surface area contributed by atoms with E-state index in [1.54, 1.807) is 6.26 Å². The Morgan fingerprint density at radius 3 is 2.17 bits per heavy atom. The van der Waals surface area contributed by atoms with E-state index in [9.17, 15) is 10.2 Å². The number of rotatable bonds is 10. The van der Waals surface area contributed by atoms with E-state index in [0.717, 1.165) is 40.6 Å². The summed E-state index contributed by atoms with van der Waals surface area (Å²) in [6.45, 7) is 1.53. The minimum atomic E-state index is -0.889. The zero-order valence-electron chi connectivity index (χ0n) is 16.3. The zero-order chi connectivity index (χ0) is 20.7. The summed E-state index contributed by atoms with van der Waals surface area (Å²) >= 11 is 5.67. The largest absolute Gasteiger partial charge is 0.457 e. The molecule has 7 heteroatoms. The van der Waals surface area contributed by atoms with Crippen molar-refractivity contribution >= 4 is 11.8 Å². The molecule has 0 saturated heterocycles. The molecule has 0 saturated carbocycles. The molecule has 6 nitrogen and oxygen atoms in total. The van der Waals surface area contributed by atoms with Gasteiger partial charge in [-0.25, -0.2) is 9.82 Å². The fourth-order valence-corrected chi connectivity index (χ4v) is 3.07. The van der Waals surface area contributed by atoms with Crippen molar-refractivity contribution in [1.82, 2.24) is 9.82 Å². The van der Waals surface area contributed by atoms with Crippen LogP contribution in [0.1, 0.15) is 24.8 Å². The standard InChI is InChI=1S/C22H25ClN2O4/c1-2-21-24-20(13-28-21)17-5-9-19(10-6-17)29-18-7-3-16(4-8-18)11-12-22(14-26,15-27)25-23/h3-10,13,25-27H,2,11-12,14-15H2,1H3. The molecule has 0 unspecified atom stereocenters. The first kappa shape index (κ1) is 21.3. The van der Waals surface area contributed by atoms with E-state index in [1.165, 1.54) is 0 Å². The van der Waals surface area contributed by atoms with Crippen molar-refractivity contribution in [2.24, 2.45) is 0 Å². The molecule has 0 radical (unpaired) electrons. The van der Waals surface area contributed by atoms with Crippen LogP contribution in [0.3, 0.4) is 0 Å². The molecule has 2 aromatic carbocycles. The van der Waals surface area contributed by atoms with Crippen molar-refractivity contribution in [2.45, 2.75) is 31.7 Å². The number of nitrogens with zero attached hydrogens (tertiary/aromatic N) is 1. The van der Waals surface area contributed by atoms with Crippen LogP contribution in [0.25, 0.3) is 11.3 Å². The normalized spacial score (nSPS) is 11.6. The van der Waals surface area contributed by atoms with Gasteiger partial charge in [0.1, 0.15) is 23.5 Å². The summed E-state index contributed by atoms with van der Waals surface area (Å²) in [5.41, 5.74) is 1.95. The van der Waals surface area contributed by atoms with Crippen LogP contribution in [0.15, 0.2) is 59.2 Å². The molecule has 154 valence electrons. The van der Waals surface area contributed by atoms with Gasteiger partial charge < -0.3 is 19.4 Å². The van der Waals surface area contributed by atoms with Crippen LogP contribution in [0.5, 0.6) is 11.5 Å². The molecule has 0 amide bonds. The van der Waals surface area contributed by atoms with Gasteiger partial charge in [-0.05, 0) is 66.6 Å². The molecule has 0 fully saturated rings. The smallest absolute Gasteiger partial charge is 0.194 e. The third kappa shape index (κ3) is 5.36. The highest BCUT2D eigenvalue weighted by atomic mass is 35.5. The van der Waals surface area contributed by atoms with E-state index >= 15 is 0 Å². The predicted octanol–water partition coefficient (Wildman–Crippen LogP) is 4.10. The topological polar surface area (TPSA) is 87.8 Å². The highest BCUT2D eigenvalue weighted by Crippen LogP contribution is 2.26. The maximum absolute atomic E-state index is 9.43. The van der Waals surface area contributed by atoms with Gasteiger partial charge >= 0.3 is 0 Å². The molecule has 29 heavy (non-hydrogen) atoms. The van der Waals surface area contributed by atoms with Crippen LogP contribution in [-0.4, -0.2) is 33.9 Å². The number of aryl methyl sites for hydroxylation is 2. The molecule has 1 aromatic heterocycles. The van der Waals surface area contributed by atoms with Gasteiger partial charge in [-0.15, -0.1) is 0 Å². The second kappa shape index (κ2) is 9.89. The van der Waals surface area contributed by atoms with Gasteiger partial charge in [0.15, 0.2) is 5.89 Å². The maximum atomic E-state index is 9.43. The lowest BCUT2D eigenvalue weighted by Crippen LogP contribution is -2.47. The van der Waals surface area contributed by atoms with Crippen LogP contribution in [0.2, 0.25) is 0 Å². The van der Waals surface area contributed by atoms with Crippen molar-refractivity contribution in [2.75, 3.05) is 13.2 Å². The predicted molar refractivity (Wildman–Crippen MR) is 112 cm³/mol. The van der Waals surface area contributed by atoms with E-state index in [-0.39, 0.29) is 13.2 Å². The molecule has 1 heterocycles. The number of aliphatic hydroxyl groups excluding tert-OH is 2. The molecular weight excluding hydrogens is 392 g/mol. The van der Waals surface area contributed by atoms with E-state index in [2.05, 4.69) is 9.82 Å². The number of hydrogen-bond donors (Lipinski definition) is 3. The molecule has 3 rings (SSSR count). The highest BCUT2D eigenvalue weighted by Gasteiger charge is 2.27. The quantitative estimate of drug-likeness (QED) is 0.431. The van der Waals surface area contributed by atoms with Gasteiger partial charge in [-0.2, -0.15) is 0 Å². The van der Waals surface area contributed by atoms with E-state index in [1.807, 2.05) is 55.5 Å². The molecule has 0 aliphatic carbocycles. The van der Waals surface area contributed by atoms with Crippen LogP contribution in [-0.2, 0) is 12.8 Å². The number of oxazole rings is 1. The van der Waals surface area contributed by atoms with Crippen molar-refractivity contribution in [3.63, 3.8) is 0 Å². The molecule has 0 atom stereocenters. The average molecular weight is 417 g/mol. The number of aromatic nitrogens is 1. The van der Waals surface area contributed by atoms with Crippen LogP contribution in [0, 0.1) is 0 Å². The molecule has 0 spiro atoms. The lowest BCUT2D eigenvalue weighted by atomic mass is 9.94. The second-order valence-corrected chi connectivity index (χ2v) is 7.13. The third-order valence-electron chi connectivity index (χ3n) is 4.86. The number of halogens is 1. The number of aliphatic hydroxyl groups is 2. The van der Waals surface area contributed by atoms with Crippen LogP contribution >= 0.6 is 11.8 Å². The lowest BCUT2D eigenvalue weighted by Gasteiger charge is -2.27. The number of nitrogens with one attached hydrogen (secondary N) is 1. The molecule has 3 N–H and O–H groups in total. The van der Waals surface area contributed by atoms with Crippen molar-refractivity contribution in [3.8, 4) is 22.8 Å². The Morgan fingerprint density at radius 1 is 1.03 bits per heavy atom. The van der Waals surface area contributed by atoms with E-state index in [0.29, 0.717) is 12.8 Å². The molecular formula is C22H25ClN2O4. The highest BCUT2D eigenvalue weighted by molar-refractivity contribution is 6.13. The summed E-state index contributed by atoms with van der Waals surface area (Å²) < 4.78 is 11.3. The van der Waals surface area contributed by atoms with E-state index < -0.39 is 5.54 Å². The fraction of sp³-hybridized carbons (Fsp3) is 0.318. The SMILES string of the molecule is CCc1nc(-c2ccc(Oc3ccc(CCC(CO)(CO)NCl)cc3)cc2)co1. The Hall–Kier alpha value is -2.38. The zero-order valence-corrected chi connectivity index (χ0v) is 17.0. The Balaban J connectivity index is 1.59. The summed E-state index contributed by atoms with van der Waals surface area (Å²) in [7, 11) is 0. The first-order valence-electron chi connectivity index (χ1n) is 9.52. The molecule has 3 aromatic rings. The van der Waals surface area contributed by atoms with Gasteiger partial charge in [0.25, 0.3) is 0 Å². The Kier molecular flexibility index (Phi) is 7.28. The molecule has 0 aliphatic rings. The lowest BCUT2D eigenvalue weighted by molar-refractivity contribution is 0.103. The fourth-order valence-electron chi connectivity index (χ4n) is 2.86. The maximum Gasteiger partial charge on any atom is 0.194 e. The summed E-state index contributed by atoms with van der Waals surface area (Å²) in [5, 5.41) is 18.9. The van der Waals surface area contributed by atoms with Gasteiger partial charge in [0, 0.05) is 12.0 Å². The third-order valence-corrected chi connectivity index (χ3v) is 5.26. The first-order chi connectivity index (χ1) is 14.1. The molecule has 0 aliphatic heterocycles. The summed E-state index contributed by atoms with van der Waals surface area (Å²) in [5.74, 6) is 2.17. The van der Waals surface area contributed by atoms with E-state index in [4.69, 9.17) is 20.9 Å². The monoisotopic (exact) mass is 416 g/mol. The van der Waals surface area contributed by atoms with Crippen LogP contribution in [0.4, 0.5) is 0 Å². The Morgan fingerprint density at radius 2 is 1.66 bits per heavy atom. The van der Waals surface area contributed by atoms with Crippen LogP contribution < -0.4 is 9.57 Å². The van der Waals surface area contributed by atoms with Crippen molar-refractivity contribution < 1.29 is 19.4 Å². The Bertz CT molecular complexity index is 882. The van der Waals surface area contributed by atoms with Gasteiger partial charge in [0.05, 0.1) is 18.8 Å². The summed E-state index contributed by atoms with van der Waals surface area (Å²) in [4.78, 5) is 6.91. The average Bonchev–Trinajstić information content (AvgIpc) is 3.26. The Labute approximate surface area is 175 Å². The summed E-state index contributed by atoms with van der Waals surface area (Å²) in [6, 6.07) is 15.4. The summed E-state index contributed by atoms with van der Waals surface area (Å²) in [6.07, 6.45) is 3.59. The first-order valence-corrected chi connectivity index (χ1v) is 9.90. The second-order valence-electron chi connectivity index (χ2n) is 6.94. The van der Waals surface area contributed by atoms with Crippen molar-refractivity contribution in [1.29, 1.82) is 0 Å². The van der Waals surface area contributed by atoms with Gasteiger partial charge in [-0.1, -0.05) is 19.1 Å². The van der Waals surface area contributed by atoms with Gasteiger partial charge in [0.2, 0.25) is 0 Å². The number of ether oxygens (including phenoxy) is 1.